The molecule has 0 unspecified atom stereocenters. The third-order valence-corrected chi connectivity index (χ3v) is 4.62. The van der Waals surface area contributed by atoms with Gasteiger partial charge in [-0.2, -0.15) is 14.7 Å². The molecule has 0 saturated heterocycles. The fraction of sp³-hybridized carbons (Fsp3) is 0.167. The molecule has 0 radical (unpaired) electrons. The average Bonchev–Trinajstić information content (AvgIpc) is 3.38. The molecule has 0 saturated carbocycles. The van der Waals surface area contributed by atoms with E-state index in [4.69, 9.17) is 5.10 Å². The SMILES string of the molecule is C[C@@H](c1c[nH]c2ncccc12)c1nnc2ccc(-c3cnn(C)c3)nn12. The van der Waals surface area contributed by atoms with Crippen LogP contribution in [0.4, 0.5) is 0 Å². The lowest BCUT2D eigenvalue weighted by atomic mass is 10.0. The summed E-state index contributed by atoms with van der Waals surface area (Å²) in [6, 6.07) is 7.86. The molecule has 5 rings (SSSR count). The van der Waals surface area contributed by atoms with Crippen molar-refractivity contribution >= 4 is 16.7 Å². The lowest BCUT2D eigenvalue weighted by Crippen LogP contribution is -2.05. The van der Waals surface area contributed by atoms with Gasteiger partial charge in [0.05, 0.1) is 11.9 Å². The zero-order valence-corrected chi connectivity index (χ0v) is 14.3. The van der Waals surface area contributed by atoms with Crippen LogP contribution in [0.5, 0.6) is 0 Å². The maximum atomic E-state index is 4.74. The predicted molar refractivity (Wildman–Crippen MR) is 96.6 cm³/mol. The van der Waals surface area contributed by atoms with E-state index in [9.17, 15) is 0 Å². The molecule has 0 aliphatic heterocycles. The number of hydrogen-bond donors (Lipinski definition) is 1. The Kier molecular flexibility index (Phi) is 3.11. The highest BCUT2D eigenvalue weighted by molar-refractivity contribution is 5.80. The van der Waals surface area contributed by atoms with E-state index in [2.05, 4.69) is 38.3 Å². The number of H-pyrrole nitrogens is 1. The maximum absolute atomic E-state index is 4.74. The van der Waals surface area contributed by atoms with E-state index in [0.29, 0.717) is 0 Å². The summed E-state index contributed by atoms with van der Waals surface area (Å²) >= 11 is 0. The Balaban J connectivity index is 1.64. The van der Waals surface area contributed by atoms with Gasteiger partial charge in [0.1, 0.15) is 5.65 Å². The van der Waals surface area contributed by atoms with E-state index in [1.807, 2.05) is 42.2 Å². The molecule has 8 heteroatoms. The summed E-state index contributed by atoms with van der Waals surface area (Å²) in [4.78, 5) is 7.58. The molecule has 0 bridgehead atoms. The normalized spacial score (nSPS) is 12.8. The number of aryl methyl sites for hydroxylation is 1. The van der Waals surface area contributed by atoms with Crippen molar-refractivity contribution in [2.24, 2.45) is 7.05 Å². The van der Waals surface area contributed by atoms with Gasteiger partial charge in [0.25, 0.3) is 0 Å². The molecule has 0 amide bonds. The molecular formula is C18H16N8. The van der Waals surface area contributed by atoms with Crippen LogP contribution in [0, 0.1) is 0 Å². The van der Waals surface area contributed by atoms with E-state index < -0.39 is 0 Å². The van der Waals surface area contributed by atoms with Crippen molar-refractivity contribution in [3.05, 3.63) is 60.4 Å². The smallest absolute Gasteiger partial charge is 0.177 e. The van der Waals surface area contributed by atoms with E-state index in [0.717, 1.165) is 39.3 Å². The molecule has 26 heavy (non-hydrogen) atoms. The van der Waals surface area contributed by atoms with Crippen molar-refractivity contribution in [2.45, 2.75) is 12.8 Å². The van der Waals surface area contributed by atoms with Gasteiger partial charge in [0.15, 0.2) is 11.5 Å². The molecule has 5 aromatic rings. The van der Waals surface area contributed by atoms with Gasteiger partial charge in [0, 0.05) is 42.5 Å². The van der Waals surface area contributed by atoms with Gasteiger partial charge in [-0.15, -0.1) is 10.2 Å². The van der Waals surface area contributed by atoms with Crippen molar-refractivity contribution in [3.63, 3.8) is 0 Å². The topological polar surface area (TPSA) is 89.6 Å². The Morgan fingerprint density at radius 2 is 2.08 bits per heavy atom. The lowest BCUT2D eigenvalue weighted by molar-refractivity contribution is 0.756. The van der Waals surface area contributed by atoms with Gasteiger partial charge < -0.3 is 4.98 Å². The van der Waals surface area contributed by atoms with Crippen LogP contribution in [-0.4, -0.2) is 39.6 Å². The number of nitrogens with one attached hydrogen (secondary N) is 1. The number of aromatic amines is 1. The number of aromatic nitrogens is 8. The number of hydrogen-bond acceptors (Lipinski definition) is 5. The van der Waals surface area contributed by atoms with Crippen molar-refractivity contribution in [1.29, 1.82) is 0 Å². The number of pyridine rings is 1. The van der Waals surface area contributed by atoms with E-state index in [-0.39, 0.29) is 5.92 Å². The molecule has 0 spiro atoms. The molecule has 1 N–H and O–H groups in total. The minimum absolute atomic E-state index is 0.0135. The van der Waals surface area contributed by atoms with Crippen LogP contribution in [-0.2, 0) is 7.05 Å². The van der Waals surface area contributed by atoms with Gasteiger partial charge >= 0.3 is 0 Å². The van der Waals surface area contributed by atoms with Crippen molar-refractivity contribution in [3.8, 4) is 11.3 Å². The standard InChI is InChI=1S/C18H16N8/c1-11(14-9-20-17-13(14)4-3-7-19-17)18-23-22-16-6-5-15(24-26(16)18)12-8-21-25(2)10-12/h3-11H,1-2H3,(H,19,20)/t11-/m0/s1. The average molecular weight is 344 g/mol. The Bertz CT molecular complexity index is 1230. The first kappa shape index (κ1) is 14.8. The first-order valence-electron chi connectivity index (χ1n) is 8.34. The summed E-state index contributed by atoms with van der Waals surface area (Å²) in [5.74, 6) is 0.801. The molecule has 5 heterocycles. The maximum Gasteiger partial charge on any atom is 0.177 e. The summed E-state index contributed by atoms with van der Waals surface area (Å²) in [6.07, 6.45) is 7.50. The first-order chi connectivity index (χ1) is 12.7. The first-order valence-corrected chi connectivity index (χ1v) is 8.34. The summed E-state index contributed by atoms with van der Waals surface area (Å²) in [6.45, 7) is 2.10. The van der Waals surface area contributed by atoms with Crippen LogP contribution in [0.1, 0.15) is 24.2 Å². The second-order valence-corrected chi connectivity index (χ2v) is 6.31. The Morgan fingerprint density at radius 3 is 2.92 bits per heavy atom. The molecule has 0 fully saturated rings. The van der Waals surface area contributed by atoms with Crippen LogP contribution < -0.4 is 0 Å². The second-order valence-electron chi connectivity index (χ2n) is 6.31. The fourth-order valence-electron chi connectivity index (χ4n) is 3.26. The highest BCUT2D eigenvalue weighted by Gasteiger charge is 2.20. The molecule has 0 aliphatic rings. The summed E-state index contributed by atoms with van der Waals surface area (Å²) in [7, 11) is 1.89. The lowest BCUT2D eigenvalue weighted by Gasteiger charge is -2.08. The summed E-state index contributed by atoms with van der Waals surface area (Å²) in [5.41, 5.74) is 4.50. The van der Waals surface area contributed by atoms with Gasteiger partial charge in [-0.3, -0.25) is 4.68 Å². The van der Waals surface area contributed by atoms with E-state index in [1.165, 1.54) is 0 Å². The quantitative estimate of drug-likeness (QED) is 0.543. The van der Waals surface area contributed by atoms with E-state index in [1.54, 1.807) is 17.1 Å². The van der Waals surface area contributed by atoms with Crippen molar-refractivity contribution < 1.29 is 0 Å². The van der Waals surface area contributed by atoms with Crippen LogP contribution in [0.3, 0.4) is 0 Å². The predicted octanol–water partition coefficient (Wildman–Crippen LogP) is 2.55. The number of nitrogens with zero attached hydrogens (tertiary/aromatic N) is 7. The van der Waals surface area contributed by atoms with Crippen LogP contribution in [0.25, 0.3) is 27.9 Å². The Hall–Kier alpha value is -3.55. The third kappa shape index (κ3) is 2.19. The van der Waals surface area contributed by atoms with Gasteiger partial charge in [-0.05, 0) is 29.8 Å². The Morgan fingerprint density at radius 1 is 1.15 bits per heavy atom. The summed E-state index contributed by atoms with van der Waals surface area (Å²) < 4.78 is 3.57. The molecule has 5 aromatic heterocycles. The third-order valence-electron chi connectivity index (χ3n) is 4.62. The molecule has 0 aliphatic carbocycles. The summed E-state index contributed by atoms with van der Waals surface area (Å²) in [5, 5.41) is 18.7. The molecular weight excluding hydrogens is 328 g/mol. The largest absolute Gasteiger partial charge is 0.346 e. The van der Waals surface area contributed by atoms with Gasteiger partial charge in [-0.25, -0.2) is 4.98 Å². The minimum Gasteiger partial charge on any atom is -0.346 e. The van der Waals surface area contributed by atoms with Crippen molar-refractivity contribution in [1.82, 2.24) is 39.6 Å². The molecule has 8 nitrogen and oxygen atoms in total. The Labute approximate surface area is 148 Å². The highest BCUT2D eigenvalue weighted by Crippen LogP contribution is 2.29. The van der Waals surface area contributed by atoms with Crippen LogP contribution >= 0.6 is 0 Å². The fourth-order valence-corrected chi connectivity index (χ4v) is 3.26. The molecule has 0 aromatic carbocycles. The number of rotatable bonds is 3. The second kappa shape index (κ2) is 5.48. The highest BCUT2D eigenvalue weighted by atomic mass is 15.4. The monoisotopic (exact) mass is 344 g/mol. The van der Waals surface area contributed by atoms with Gasteiger partial charge in [-0.1, -0.05) is 6.92 Å². The molecule has 1 atom stereocenters. The molecule has 128 valence electrons. The van der Waals surface area contributed by atoms with Gasteiger partial charge in [0.2, 0.25) is 0 Å². The van der Waals surface area contributed by atoms with Crippen LogP contribution in [0.2, 0.25) is 0 Å². The number of fused-ring (bicyclic) bond motifs is 2. The van der Waals surface area contributed by atoms with E-state index >= 15 is 0 Å². The zero-order valence-electron chi connectivity index (χ0n) is 14.3. The van der Waals surface area contributed by atoms with Crippen LogP contribution in [0.15, 0.2) is 49.1 Å². The zero-order chi connectivity index (χ0) is 17.7. The minimum atomic E-state index is 0.0135. The van der Waals surface area contributed by atoms with Crippen molar-refractivity contribution in [2.75, 3.05) is 0 Å².